The number of nitro groups is 1. The SMILES string of the molecule is COc1ccc(-c2ccc(/C=N/N=C3\NC(=O)C(CC(=O)Nc4ccccc4)S3)o2)c([N+](=O)[O-])c1. The van der Waals surface area contributed by atoms with Gasteiger partial charge >= 0.3 is 0 Å². The van der Waals surface area contributed by atoms with Crippen LogP contribution in [0.25, 0.3) is 11.3 Å². The van der Waals surface area contributed by atoms with Gasteiger partial charge < -0.3 is 19.8 Å². The zero-order valence-electron chi connectivity index (χ0n) is 18.3. The Hall–Kier alpha value is -4.45. The predicted molar refractivity (Wildman–Crippen MR) is 132 cm³/mol. The van der Waals surface area contributed by atoms with Crippen molar-refractivity contribution in [2.24, 2.45) is 10.2 Å². The molecule has 3 aromatic rings. The van der Waals surface area contributed by atoms with Crippen molar-refractivity contribution < 1.29 is 23.7 Å². The second-order valence-electron chi connectivity index (χ2n) is 7.21. The minimum atomic E-state index is -0.626. The highest BCUT2D eigenvalue weighted by atomic mass is 32.2. The van der Waals surface area contributed by atoms with E-state index in [4.69, 9.17) is 9.15 Å². The van der Waals surface area contributed by atoms with E-state index in [1.807, 2.05) is 6.07 Å². The first-order valence-corrected chi connectivity index (χ1v) is 11.2. The first-order chi connectivity index (χ1) is 16.9. The topological polar surface area (TPSA) is 148 Å². The van der Waals surface area contributed by atoms with E-state index in [0.717, 1.165) is 11.8 Å². The van der Waals surface area contributed by atoms with Crippen LogP contribution >= 0.6 is 11.8 Å². The number of hydrogen-bond donors (Lipinski definition) is 2. The highest BCUT2D eigenvalue weighted by molar-refractivity contribution is 8.15. The molecule has 0 aliphatic carbocycles. The van der Waals surface area contributed by atoms with E-state index in [2.05, 4.69) is 20.8 Å². The van der Waals surface area contributed by atoms with Crippen LogP contribution in [-0.2, 0) is 9.59 Å². The number of furan rings is 1. The van der Waals surface area contributed by atoms with E-state index in [9.17, 15) is 19.7 Å². The Morgan fingerprint density at radius 1 is 1.26 bits per heavy atom. The average molecular weight is 494 g/mol. The Labute approximate surface area is 203 Å². The van der Waals surface area contributed by atoms with Crippen molar-refractivity contribution in [1.29, 1.82) is 0 Å². The molecule has 1 unspecified atom stereocenters. The van der Waals surface area contributed by atoms with Crippen LogP contribution in [0.2, 0.25) is 0 Å². The lowest BCUT2D eigenvalue weighted by Crippen LogP contribution is -2.28. The van der Waals surface area contributed by atoms with Gasteiger partial charge in [-0.25, -0.2) is 0 Å². The molecule has 2 aromatic carbocycles. The van der Waals surface area contributed by atoms with E-state index in [1.54, 1.807) is 42.5 Å². The molecule has 0 spiro atoms. The minimum Gasteiger partial charge on any atom is -0.497 e. The fourth-order valence-electron chi connectivity index (χ4n) is 3.19. The maximum Gasteiger partial charge on any atom is 0.284 e. The Morgan fingerprint density at radius 3 is 2.80 bits per heavy atom. The van der Waals surface area contributed by atoms with Crippen molar-refractivity contribution in [3.63, 3.8) is 0 Å². The van der Waals surface area contributed by atoms with Crippen molar-refractivity contribution in [3.8, 4) is 17.1 Å². The Balaban J connectivity index is 1.38. The number of anilines is 1. The van der Waals surface area contributed by atoms with Crippen molar-refractivity contribution in [2.75, 3.05) is 12.4 Å². The summed E-state index contributed by atoms with van der Waals surface area (Å²) in [5.41, 5.74) is 0.782. The number of methoxy groups -OCH3 is 1. The monoisotopic (exact) mass is 493 g/mol. The zero-order valence-corrected chi connectivity index (χ0v) is 19.2. The number of ether oxygens (including phenoxy) is 1. The molecular formula is C23H19N5O6S. The molecule has 1 aliphatic heterocycles. The molecule has 2 heterocycles. The molecule has 1 saturated heterocycles. The van der Waals surface area contributed by atoms with Gasteiger partial charge in [-0.1, -0.05) is 30.0 Å². The van der Waals surface area contributed by atoms with Gasteiger partial charge in [0.25, 0.3) is 5.69 Å². The summed E-state index contributed by atoms with van der Waals surface area (Å²) < 4.78 is 10.7. The summed E-state index contributed by atoms with van der Waals surface area (Å²) in [5, 5.41) is 24.2. The standard InChI is InChI=1S/C23H19N5O6S/c1-33-15-7-9-17(18(11-15)28(31)32)19-10-8-16(34-19)13-24-27-23-26-22(30)20(35-23)12-21(29)25-14-5-3-2-4-6-14/h2-11,13,20H,12H2,1H3,(H,25,29)(H,26,27,30)/b24-13+. The van der Waals surface area contributed by atoms with Gasteiger partial charge in [0.2, 0.25) is 11.8 Å². The van der Waals surface area contributed by atoms with E-state index in [0.29, 0.717) is 17.2 Å². The number of nitrogens with one attached hydrogen (secondary N) is 2. The summed E-state index contributed by atoms with van der Waals surface area (Å²) >= 11 is 1.10. The number of carbonyl (C=O) groups excluding carboxylic acids is 2. The molecule has 35 heavy (non-hydrogen) atoms. The second-order valence-corrected chi connectivity index (χ2v) is 8.40. The highest BCUT2D eigenvalue weighted by Gasteiger charge is 2.32. The number of para-hydroxylation sites is 1. The van der Waals surface area contributed by atoms with Gasteiger partial charge in [0.05, 0.1) is 29.9 Å². The molecule has 2 amide bonds. The summed E-state index contributed by atoms with van der Waals surface area (Å²) in [6.07, 6.45) is 1.30. The molecule has 1 fully saturated rings. The van der Waals surface area contributed by atoms with Crippen molar-refractivity contribution >= 4 is 46.3 Å². The molecule has 1 aromatic heterocycles. The van der Waals surface area contributed by atoms with Gasteiger partial charge in [-0.15, -0.1) is 5.10 Å². The van der Waals surface area contributed by atoms with Crippen LogP contribution in [0, 0.1) is 10.1 Å². The van der Waals surface area contributed by atoms with Crippen LogP contribution in [0.15, 0.2) is 75.3 Å². The van der Waals surface area contributed by atoms with Crippen molar-refractivity contribution in [2.45, 2.75) is 11.7 Å². The van der Waals surface area contributed by atoms with Gasteiger partial charge in [0, 0.05) is 12.1 Å². The molecular weight excluding hydrogens is 474 g/mol. The number of amides is 2. The van der Waals surface area contributed by atoms with Gasteiger partial charge in [0.15, 0.2) is 5.17 Å². The number of carbonyl (C=O) groups is 2. The predicted octanol–water partition coefficient (Wildman–Crippen LogP) is 3.81. The summed E-state index contributed by atoms with van der Waals surface area (Å²) in [6.45, 7) is 0. The highest BCUT2D eigenvalue weighted by Crippen LogP contribution is 2.34. The lowest BCUT2D eigenvalue weighted by atomic mass is 10.1. The molecule has 178 valence electrons. The van der Waals surface area contributed by atoms with Crippen LogP contribution < -0.4 is 15.4 Å². The van der Waals surface area contributed by atoms with E-state index in [1.165, 1.54) is 25.5 Å². The molecule has 12 heteroatoms. The van der Waals surface area contributed by atoms with Crippen LogP contribution in [0.1, 0.15) is 12.2 Å². The zero-order chi connectivity index (χ0) is 24.8. The Bertz CT molecular complexity index is 1320. The first-order valence-electron chi connectivity index (χ1n) is 10.3. The van der Waals surface area contributed by atoms with Gasteiger partial charge in [0.1, 0.15) is 22.5 Å². The van der Waals surface area contributed by atoms with E-state index in [-0.39, 0.29) is 40.4 Å². The third-order valence-electron chi connectivity index (χ3n) is 4.83. The number of rotatable bonds is 8. The first kappa shape index (κ1) is 23.7. The summed E-state index contributed by atoms with van der Waals surface area (Å²) in [5.74, 6) is 0.323. The van der Waals surface area contributed by atoms with Gasteiger partial charge in [-0.05, 0) is 36.4 Å². The molecule has 2 N–H and O–H groups in total. The van der Waals surface area contributed by atoms with Crippen molar-refractivity contribution in [3.05, 3.63) is 76.5 Å². The quantitative estimate of drug-likeness (QED) is 0.275. The maximum absolute atomic E-state index is 12.2. The summed E-state index contributed by atoms with van der Waals surface area (Å²) in [7, 11) is 1.43. The fourth-order valence-corrected chi connectivity index (χ4v) is 4.12. The second kappa shape index (κ2) is 10.7. The lowest BCUT2D eigenvalue weighted by molar-refractivity contribution is -0.384. The molecule has 1 aliphatic rings. The smallest absolute Gasteiger partial charge is 0.284 e. The molecule has 0 saturated carbocycles. The molecule has 0 radical (unpaired) electrons. The Morgan fingerprint density at radius 2 is 2.06 bits per heavy atom. The Kier molecular flexibility index (Phi) is 7.21. The van der Waals surface area contributed by atoms with Crippen LogP contribution in [0.5, 0.6) is 5.75 Å². The average Bonchev–Trinajstić information content (AvgIpc) is 3.45. The lowest BCUT2D eigenvalue weighted by Gasteiger charge is -2.06. The fraction of sp³-hybridized carbons (Fsp3) is 0.130. The number of nitrogens with zero attached hydrogens (tertiary/aromatic N) is 3. The number of thioether (sulfide) groups is 1. The molecule has 4 rings (SSSR count). The van der Waals surface area contributed by atoms with E-state index >= 15 is 0 Å². The third kappa shape index (κ3) is 5.92. The summed E-state index contributed by atoms with van der Waals surface area (Å²) in [6, 6.07) is 16.6. The number of hydrogen-bond acceptors (Lipinski definition) is 9. The van der Waals surface area contributed by atoms with Crippen molar-refractivity contribution in [1.82, 2.24) is 5.32 Å². The maximum atomic E-state index is 12.2. The van der Waals surface area contributed by atoms with Gasteiger partial charge in [-0.3, -0.25) is 19.7 Å². The van der Waals surface area contributed by atoms with Crippen LogP contribution in [-0.4, -0.2) is 40.5 Å². The van der Waals surface area contributed by atoms with Gasteiger partial charge in [-0.2, -0.15) is 5.10 Å². The minimum absolute atomic E-state index is 0.0175. The van der Waals surface area contributed by atoms with Crippen LogP contribution in [0.3, 0.4) is 0 Å². The largest absolute Gasteiger partial charge is 0.497 e. The van der Waals surface area contributed by atoms with Crippen LogP contribution in [0.4, 0.5) is 11.4 Å². The van der Waals surface area contributed by atoms with E-state index < -0.39 is 10.2 Å². The summed E-state index contributed by atoms with van der Waals surface area (Å²) in [4.78, 5) is 35.3. The number of nitro benzene ring substituents is 1. The third-order valence-corrected chi connectivity index (χ3v) is 5.90. The number of amidine groups is 1. The molecule has 11 nitrogen and oxygen atoms in total. The molecule has 0 bridgehead atoms. The number of benzene rings is 2. The normalized spacial score (nSPS) is 16.4. The molecule has 1 atom stereocenters.